The number of rotatable bonds is 7. The predicted molar refractivity (Wildman–Crippen MR) is 82.0 cm³/mol. The Hall–Kier alpha value is -1.36. The molecule has 0 bridgehead atoms. The maximum atomic E-state index is 12.4. The second kappa shape index (κ2) is 7.07. The smallest absolute Gasteiger partial charge is 0.326 e. The van der Waals surface area contributed by atoms with Crippen molar-refractivity contribution in [2.24, 2.45) is 5.92 Å². The number of aryl methyl sites for hydroxylation is 2. The van der Waals surface area contributed by atoms with Gasteiger partial charge in [-0.05, 0) is 45.1 Å². The number of ether oxygens (including phenoxy) is 1. The van der Waals surface area contributed by atoms with Gasteiger partial charge < -0.3 is 14.6 Å². The summed E-state index contributed by atoms with van der Waals surface area (Å²) >= 11 is 0. The molecule has 2 rings (SSSR count). The summed E-state index contributed by atoms with van der Waals surface area (Å²) in [5, 5.41) is 3.49. The highest BCUT2D eigenvalue weighted by Gasteiger charge is 2.49. The molecule has 1 heterocycles. The van der Waals surface area contributed by atoms with Gasteiger partial charge in [-0.1, -0.05) is 13.3 Å². The minimum atomic E-state index is -0.487. The van der Waals surface area contributed by atoms with Gasteiger partial charge >= 0.3 is 5.97 Å². The van der Waals surface area contributed by atoms with Crippen molar-refractivity contribution in [3.63, 3.8) is 0 Å². The maximum absolute atomic E-state index is 12.4. The molecule has 1 aliphatic rings. The molecule has 0 aliphatic heterocycles. The molecule has 21 heavy (non-hydrogen) atoms. The number of nitrogens with one attached hydrogen (secondary N) is 1. The fourth-order valence-electron chi connectivity index (χ4n) is 3.51. The van der Waals surface area contributed by atoms with Crippen LogP contribution < -0.4 is 5.32 Å². The fraction of sp³-hybridized carbons (Fsp3) is 0.750. The van der Waals surface area contributed by atoms with Crippen LogP contribution in [0, 0.1) is 12.8 Å². The minimum absolute atomic E-state index is 0.0965. The lowest BCUT2D eigenvalue weighted by molar-refractivity contribution is -0.150. The summed E-state index contributed by atoms with van der Waals surface area (Å²) in [7, 11) is 1.49. The van der Waals surface area contributed by atoms with Gasteiger partial charge in [0.05, 0.1) is 7.11 Å². The van der Waals surface area contributed by atoms with Gasteiger partial charge in [0.2, 0.25) is 0 Å². The van der Waals surface area contributed by atoms with Gasteiger partial charge in [0.25, 0.3) is 0 Å². The Morgan fingerprint density at radius 2 is 2.43 bits per heavy atom. The number of methoxy groups -OCH3 is 1. The van der Waals surface area contributed by atoms with Crippen molar-refractivity contribution < 1.29 is 9.53 Å². The number of aromatic nitrogens is 2. The average molecular weight is 293 g/mol. The zero-order valence-corrected chi connectivity index (χ0v) is 13.4. The zero-order chi connectivity index (χ0) is 15.3. The van der Waals surface area contributed by atoms with Crippen molar-refractivity contribution in [2.45, 2.75) is 58.0 Å². The van der Waals surface area contributed by atoms with Crippen LogP contribution in [0.3, 0.4) is 0 Å². The van der Waals surface area contributed by atoms with Crippen LogP contribution in [0.1, 0.15) is 44.9 Å². The molecule has 1 fully saturated rings. The van der Waals surface area contributed by atoms with Crippen LogP contribution in [-0.2, 0) is 16.1 Å². The third-order valence-electron chi connectivity index (χ3n) is 4.70. The van der Waals surface area contributed by atoms with Crippen molar-refractivity contribution in [3.8, 4) is 0 Å². The van der Waals surface area contributed by atoms with E-state index in [0.29, 0.717) is 5.92 Å². The number of carbonyl (C=O) groups is 1. The highest BCUT2D eigenvalue weighted by Crippen LogP contribution is 2.39. The molecule has 118 valence electrons. The summed E-state index contributed by atoms with van der Waals surface area (Å²) in [4.78, 5) is 16.6. The standard InChI is InChI=1S/C16H27N3O2/c1-4-9-18-16(15(20)21-3)8-5-6-14(16)7-11-19-12-10-17-13(19)2/h10,12,14,18H,4-9,11H2,1-3H3. The lowest BCUT2D eigenvalue weighted by Crippen LogP contribution is -2.55. The Bertz CT molecular complexity index is 472. The molecule has 1 aliphatic carbocycles. The third kappa shape index (κ3) is 3.28. The molecule has 5 heteroatoms. The largest absolute Gasteiger partial charge is 0.468 e. The molecule has 0 spiro atoms. The topological polar surface area (TPSA) is 56.1 Å². The molecule has 1 N–H and O–H groups in total. The Labute approximate surface area is 127 Å². The monoisotopic (exact) mass is 293 g/mol. The normalized spacial score (nSPS) is 25.2. The lowest BCUT2D eigenvalue weighted by Gasteiger charge is -2.34. The van der Waals surface area contributed by atoms with Crippen molar-refractivity contribution in [1.82, 2.24) is 14.9 Å². The van der Waals surface area contributed by atoms with Crippen LogP contribution >= 0.6 is 0 Å². The first-order chi connectivity index (χ1) is 10.1. The van der Waals surface area contributed by atoms with Gasteiger partial charge in [-0.3, -0.25) is 4.79 Å². The van der Waals surface area contributed by atoms with Gasteiger partial charge in [0, 0.05) is 18.9 Å². The van der Waals surface area contributed by atoms with Crippen molar-refractivity contribution in [3.05, 3.63) is 18.2 Å². The first-order valence-electron chi connectivity index (χ1n) is 7.95. The molecule has 1 aromatic rings. The minimum Gasteiger partial charge on any atom is -0.468 e. The van der Waals surface area contributed by atoms with Crippen LogP contribution in [0.25, 0.3) is 0 Å². The van der Waals surface area contributed by atoms with Gasteiger partial charge in [-0.25, -0.2) is 4.98 Å². The average Bonchev–Trinajstić information content (AvgIpc) is 3.09. The molecular formula is C16H27N3O2. The van der Waals surface area contributed by atoms with Crippen molar-refractivity contribution in [2.75, 3.05) is 13.7 Å². The van der Waals surface area contributed by atoms with E-state index in [1.807, 2.05) is 19.3 Å². The van der Waals surface area contributed by atoms with Crippen molar-refractivity contribution >= 4 is 5.97 Å². The number of carbonyl (C=O) groups excluding carboxylic acids is 1. The second-order valence-corrected chi connectivity index (χ2v) is 5.94. The molecule has 1 saturated carbocycles. The summed E-state index contributed by atoms with van der Waals surface area (Å²) in [6, 6.07) is 0. The van der Waals surface area contributed by atoms with E-state index in [2.05, 4.69) is 21.8 Å². The fourth-order valence-corrected chi connectivity index (χ4v) is 3.51. The molecule has 2 unspecified atom stereocenters. The summed E-state index contributed by atoms with van der Waals surface area (Å²) in [6.45, 7) is 5.90. The molecule has 5 nitrogen and oxygen atoms in total. The lowest BCUT2D eigenvalue weighted by atomic mass is 9.84. The summed E-state index contributed by atoms with van der Waals surface area (Å²) < 4.78 is 7.26. The molecule has 1 aromatic heterocycles. The van der Waals surface area contributed by atoms with Gasteiger partial charge in [0.15, 0.2) is 0 Å². The number of imidazole rings is 1. The van der Waals surface area contributed by atoms with E-state index < -0.39 is 5.54 Å². The molecule has 0 radical (unpaired) electrons. The third-order valence-corrected chi connectivity index (χ3v) is 4.70. The zero-order valence-electron chi connectivity index (χ0n) is 13.4. The summed E-state index contributed by atoms with van der Waals surface area (Å²) in [6.07, 6.45) is 8.87. The number of nitrogens with zero attached hydrogens (tertiary/aromatic N) is 2. The van der Waals surface area contributed by atoms with E-state index in [9.17, 15) is 4.79 Å². The Kier molecular flexibility index (Phi) is 5.39. The quantitative estimate of drug-likeness (QED) is 0.784. The first-order valence-corrected chi connectivity index (χ1v) is 7.95. The molecule has 0 saturated heterocycles. The van der Waals surface area contributed by atoms with E-state index in [1.54, 1.807) is 0 Å². The van der Waals surface area contributed by atoms with Crippen LogP contribution in [-0.4, -0.2) is 34.7 Å². The first kappa shape index (κ1) is 16.0. The van der Waals surface area contributed by atoms with E-state index >= 15 is 0 Å². The summed E-state index contributed by atoms with van der Waals surface area (Å²) in [5.41, 5.74) is -0.487. The van der Waals surface area contributed by atoms with E-state index in [1.165, 1.54) is 7.11 Å². The van der Waals surface area contributed by atoms with Crippen LogP contribution in [0.15, 0.2) is 12.4 Å². The maximum Gasteiger partial charge on any atom is 0.326 e. The molecule has 0 aromatic carbocycles. The van der Waals surface area contributed by atoms with Gasteiger partial charge in [-0.15, -0.1) is 0 Å². The van der Waals surface area contributed by atoms with Crippen LogP contribution in [0.5, 0.6) is 0 Å². The number of hydrogen-bond acceptors (Lipinski definition) is 4. The highest BCUT2D eigenvalue weighted by molar-refractivity contribution is 5.81. The highest BCUT2D eigenvalue weighted by atomic mass is 16.5. The van der Waals surface area contributed by atoms with Gasteiger partial charge in [-0.2, -0.15) is 0 Å². The summed E-state index contributed by atoms with van der Waals surface area (Å²) in [5.74, 6) is 1.26. The van der Waals surface area contributed by atoms with Crippen LogP contribution in [0.4, 0.5) is 0 Å². The number of esters is 1. The molecule has 0 amide bonds. The molecular weight excluding hydrogens is 266 g/mol. The van der Waals surface area contributed by atoms with E-state index in [4.69, 9.17) is 4.74 Å². The van der Waals surface area contributed by atoms with Crippen molar-refractivity contribution in [1.29, 1.82) is 0 Å². The Morgan fingerprint density at radius 3 is 3.05 bits per heavy atom. The molecule has 2 atom stereocenters. The van der Waals surface area contributed by atoms with Crippen LogP contribution in [0.2, 0.25) is 0 Å². The predicted octanol–water partition coefficient (Wildman–Crippen LogP) is 2.29. The Morgan fingerprint density at radius 1 is 1.62 bits per heavy atom. The Balaban J connectivity index is 2.08. The number of hydrogen-bond donors (Lipinski definition) is 1. The van der Waals surface area contributed by atoms with Gasteiger partial charge in [0.1, 0.15) is 11.4 Å². The van der Waals surface area contributed by atoms with E-state index in [-0.39, 0.29) is 5.97 Å². The SMILES string of the molecule is CCCNC1(C(=O)OC)CCCC1CCn1ccnc1C. The second-order valence-electron chi connectivity index (χ2n) is 5.94. The van der Waals surface area contributed by atoms with E-state index in [0.717, 1.165) is 51.0 Å².